The Hall–Kier alpha value is -1.57. The fourth-order valence-corrected chi connectivity index (χ4v) is 4.73. The molecule has 3 rings (SSSR count). The topological polar surface area (TPSA) is 62.1 Å². The van der Waals surface area contributed by atoms with Crippen LogP contribution in [0.15, 0.2) is 69.1 Å². The minimum Gasteiger partial charge on any atom is -0.487 e. The molecule has 0 radical (unpaired) electrons. The van der Waals surface area contributed by atoms with E-state index in [2.05, 4.69) is 59.8 Å². The minimum atomic E-state index is -0.558. The molecule has 4 nitrogen and oxygen atoms in total. The van der Waals surface area contributed by atoms with Gasteiger partial charge in [0.05, 0.1) is 19.0 Å². The van der Waals surface area contributed by atoms with Crippen molar-refractivity contribution in [3.05, 3.63) is 93.9 Å². The highest BCUT2D eigenvalue weighted by atomic mass is 127. The lowest BCUT2D eigenvalue weighted by Gasteiger charge is -2.12. The van der Waals surface area contributed by atoms with E-state index in [-0.39, 0.29) is 5.57 Å². The van der Waals surface area contributed by atoms with Crippen molar-refractivity contribution in [2.75, 3.05) is 5.32 Å². The molecule has 0 aliphatic heterocycles. The number of halogens is 5. The van der Waals surface area contributed by atoms with Crippen LogP contribution >= 0.6 is 77.7 Å². The standard InChI is InChI=1S/C23H13Br2Cl2IN2O2/c24-18-8-14(9-19(25)22(18)32-12-13-1-3-16(28)4-2-13)7-15(11-29)23(31)30-17-5-6-20(26)21(27)10-17/h1-10H,12H2,(H,30,31)/b15-7+. The number of nitrogens with zero attached hydrogens (tertiary/aromatic N) is 1. The van der Waals surface area contributed by atoms with Crippen LogP contribution in [0.3, 0.4) is 0 Å². The molecule has 9 heteroatoms. The fraction of sp³-hybridized carbons (Fsp3) is 0.0435. The number of nitriles is 1. The lowest BCUT2D eigenvalue weighted by molar-refractivity contribution is -0.112. The van der Waals surface area contributed by atoms with E-state index < -0.39 is 5.91 Å². The van der Waals surface area contributed by atoms with Crippen LogP contribution in [0, 0.1) is 14.9 Å². The van der Waals surface area contributed by atoms with Crippen molar-refractivity contribution < 1.29 is 9.53 Å². The molecule has 1 amide bonds. The van der Waals surface area contributed by atoms with Gasteiger partial charge in [-0.1, -0.05) is 35.3 Å². The Bertz CT molecular complexity index is 1220. The highest BCUT2D eigenvalue weighted by molar-refractivity contribution is 14.1. The molecule has 0 atom stereocenters. The summed E-state index contributed by atoms with van der Waals surface area (Å²) in [6, 6.07) is 18.2. The van der Waals surface area contributed by atoms with E-state index in [9.17, 15) is 10.1 Å². The number of nitrogens with one attached hydrogen (secondary N) is 1. The van der Waals surface area contributed by atoms with Crippen molar-refractivity contribution >= 4 is 95.3 Å². The Kier molecular flexibility index (Phi) is 9.03. The van der Waals surface area contributed by atoms with Gasteiger partial charge in [0, 0.05) is 9.26 Å². The van der Waals surface area contributed by atoms with Crippen molar-refractivity contribution in [2.45, 2.75) is 6.61 Å². The molecule has 0 spiro atoms. The van der Waals surface area contributed by atoms with E-state index in [1.165, 1.54) is 12.1 Å². The first-order chi connectivity index (χ1) is 15.3. The predicted molar refractivity (Wildman–Crippen MR) is 144 cm³/mol. The molecule has 0 aromatic heterocycles. The third-order valence-corrected chi connectivity index (χ3v) is 6.81. The number of ether oxygens (including phenoxy) is 1. The summed E-state index contributed by atoms with van der Waals surface area (Å²) in [4.78, 5) is 12.5. The van der Waals surface area contributed by atoms with Gasteiger partial charge in [-0.15, -0.1) is 0 Å². The second-order valence-corrected chi connectivity index (χ2v) is 10.3. The maximum atomic E-state index is 12.5. The van der Waals surface area contributed by atoms with Crippen molar-refractivity contribution in [3.8, 4) is 11.8 Å². The molecule has 0 aliphatic rings. The zero-order valence-electron chi connectivity index (χ0n) is 16.1. The molecule has 0 aliphatic carbocycles. The monoisotopic (exact) mass is 704 g/mol. The zero-order chi connectivity index (χ0) is 23.3. The quantitative estimate of drug-likeness (QED) is 0.160. The molecular weight excluding hydrogens is 694 g/mol. The molecule has 3 aromatic carbocycles. The maximum absolute atomic E-state index is 12.5. The van der Waals surface area contributed by atoms with E-state index in [1.54, 1.807) is 24.3 Å². The Labute approximate surface area is 226 Å². The van der Waals surface area contributed by atoms with Gasteiger partial charge in [0.25, 0.3) is 5.91 Å². The average Bonchev–Trinajstić information content (AvgIpc) is 2.75. The third-order valence-electron chi connectivity index (χ3n) is 4.17. The van der Waals surface area contributed by atoms with E-state index in [4.69, 9.17) is 27.9 Å². The highest BCUT2D eigenvalue weighted by Gasteiger charge is 2.13. The van der Waals surface area contributed by atoms with Gasteiger partial charge < -0.3 is 10.1 Å². The Morgan fingerprint density at radius 3 is 2.31 bits per heavy atom. The van der Waals surface area contributed by atoms with E-state index in [0.29, 0.717) is 42.6 Å². The normalized spacial score (nSPS) is 11.1. The van der Waals surface area contributed by atoms with Crippen molar-refractivity contribution in [3.63, 3.8) is 0 Å². The van der Waals surface area contributed by atoms with Crippen LogP contribution in [0.4, 0.5) is 5.69 Å². The smallest absolute Gasteiger partial charge is 0.266 e. The summed E-state index contributed by atoms with van der Waals surface area (Å²) >= 11 is 21.1. The molecule has 0 heterocycles. The zero-order valence-corrected chi connectivity index (χ0v) is 23.0. The molecule has 3 aromatic rings. The summed E-state index contributed by atoms with van der Waals surface area (Å²) in [7, 11) is 0. The molecule has 0 fully saturated rings. The second kappa shape index (κ2) is 11.5. The van der Waals surface area contributed by atoms with Crippen LogP contribution in [-0.4, -0.2) is 5.91 Å². The Morgan fingerprint density at radius 1 is 1.06 bits per heavy atom. The molecule has 0 saturated carbocycles. The molecule has 32 heavy (non-hydrogen) atoms. The summed E-state index contributed by atoms with van der Waals surface area (Å²) in [6.07, 6.45) is 1.49. The van der Waals surface area contributed by atoms with Gasteiger partial charge in [-0.2, -0.15) is 5.26 Å². The summed E-state index contributed by atoms with van der Waals surface area (Å²) < 4.78 is 8.47. The molecule has 162 valence electrons. The van der Waals surface area contributed by atoms with Crippen molar-refractivity contribution in [2.24, 2.45) is 0 Å². The SMILES string of the molecule is N#C/C(=C\c1cc(Br)c(OCc2ccc(I)cc2)c(Br)c1)C(=O)Nc1ccc(Cl)c(Cl)c1. The average molecular weight is 707 g/mol. The largest absolute Gasteiger partial charge is 0.487 e. The van der Waals surface area contributed by atoms with Gasteiger partial charge in [-0.05, 0) is 114 Å². The summed E-state index contributed by atoms with van der Waals surface area (Å²) in [5.41, 5.74) is 2.06. The number of benzene rings is 3. The summed E-state index contributed by atoms with van der Waals surface area (Å²) in [5.74, 6) is 0.0663. The first-order valence-corrected chi connectivity index (χ1v) is 12.4. The summed E-state index contributed by atoms with van der Waals surface area (Å²) in [5, 5.41) is 12.8. The number of amides is 1. The molecular formula is C23H13Br2Cl2IN2O2. The van der Waals surface area contributed by atoms with Gasteiger partial charge >= 0.3 is 0 Å². The van der Waals surface area contributed by atoms with Crippen LogP contribution in [0.5, 0.6) is 5.75 Å². The fourth-order valence-electron chi connectivity index (χ4n) is 2.62. The first kappa shape index (κ1) is 25.1. The van der Waals surface area contributed by atoms with E-state index in [0.717, 1.165) is 9.13 Å². The summed E-state index contributed by atoms with van der Waals surface area (Å²) in [6.45, 7) is 0.402. The van der Waals surface area contributed by atoms with Crippen molar-refractivity contribution in [1.82, 2.24) is 0 Å². The number of hydrogen-bond donors (Lipinski definition) is 1. The van der Waals surface area contributed by atoms with Gasteiger partial charge in [0.2, 0.25) is 0 Å². The first-order valence-electron chi connectivity index (χ1n) is 9.01. The van der Waals surface area contributed by atoms with Crippen LogP contribution < -0.4 is 10.1 Å². The van der Waals surface area contributed by atoms with Crippen LogP contribution in [0.25, 0.3) is 6.08 Å². The number of carbonyl (C=O) groups excluding carboxylic acids is 1. The van der Waals surface area contributed by atoms with E-state index in [1.807, 2.05) is 30.3 Å². The van der Waals surface area contributed by atoms with Crippen molar-refractivity contribution in [1.29, 1.82) is 5.26 Å². The second-order valence-electron chi connectivity index (χ2n) is 6.48. The maximum Gasteiger partial charge on any atom is 0.266 e. The van der Waals surface area contributed by atoms with Gasteiger partial charge in [-0.3, -0.25) is 4.79 Å². The highest BCUT2D eigenvalue weighted by Crippen LogP contribution is 2.36. The molecule has 1 N–H and O–H groups in total. The number of carbonyl (C=O) groups is 1. The Morgan fingerprint density at radius 2 is 1.72 bits per heavy atom. The molecule has 0 bridgehead atoms. The minimum absolute atomic E-state index is 0.0672. The number of hydrogen-bond acceptors (Lipinski definition) is 3. The molecule has 0 saturated heterocycles. The predicted octanol–water partition coefficient (Wildman–Crippen LogP) is 8.25. The van der Waals surface area contributed by atoms with Gasteiger partial charge in [-0.25, -0.2) is 0 Å². The Balaban J connectivity index is 1.77. The molecule has 0 unspecified atom stereocenters. The van der Waals surface area contributed by atoms with Crippen LogP contribution in [0.2, 0.25) is 10.0 Å². The van der Waals surface area contributed by atoms with Gasteiger partial charge in [0.15, 0.2) is 0 Å². The van der Waals surface area contributed by atoms with Gasteiger partial charge in [0.1, 0.15) is 24.0 Å². The lowest BCUT2D eigenvalue weighted by Crippen LogP contribution is -2.13. The van der Waals surface area contributed by atoms with Crippen LogP contribution in [0.1, 0.15) is 11.1 Å². The van der Waals surface area contributed by atoms with Crippen LogP contribution in [-0.2, 0) is 11.4 Å². The number of anilines is 1. The van der Waals surface area contributed by atoms with E-state index >= 15 is 0 Å². The number of rotatable bonds is 6. The third kappa shape index (κ3) is 6.72. The lowest BCUT2D eigenvalue weighted by atomic mass is 10.1.